The molecule has 0 aliphatic carbocycles. The molecule has 3 amide bonds. The zero-order chi connectivity index (χ0) is 16.7. The number of benzene rings is 2. The molecule has 1 atom stereocenters. The molecule has 5 nitrogen and oxygen atoms in total. The molecule has 2 heterocycles. The summed E-state index contributed by atoms with van der Waals surface area (Å²) in [6.45, 7) is 0. The fourth-order valence-electron chi connectivity index (χ4n) is 3.02. The molecule has 6 heteroatoms. The van der Waals surface area contributed by atoms with Crippen molar-refractivity contribution in [2.45, 2.75) is 12.5 Å². The van der Waals surface area contributed by atoms with Gasteiger partial charge in [-0.1, -0.05) is 18.2 Å². The van der Waals surface area contributed by atoms with Gasteiger partial charge in [0.1, 0.15) is 11.9 Å². The van der Waals surface area contributed by atoms with Crippen molar-refractivity contribution in [2.24, 2.45) is 0 Å². The molecule has 2 N–H and O–H groups in total. The Labute approximate surface area is 137 Å². The van der Waals surface area contributed by atoms with Gasteiger partial charge in [-0.25, -0.2) is 14.1 Å². The largest absolute Gasteiger partial charge is 0.361 e. The highest BCUT2D eigenvalue weighted by Crippen LogP contribution is 2.24. The van der Waals surface area contributed by atoms with Crippen LogP contribution in [0.3, 0.4) is 0 Å². The molecule has 1 aliphatic heterocycles. The Morgan fingerprint density at radius 2 is 1.79 bits per heavy atom. The van der Waals surface area contributed by atoms with Gasteiger partial charge in [-0.3, -0.25) is 4.79 Å². The first-order valence-corrected chi connectivity index (χ1v) is 7.58. The van der Waals surface area contributed by atoms with Crippen LogP contribution in [-0.4, -0.2) is 23.0 Å². The topological polar surface area (TPSA) is 65.2 Å². The normalized spacial score (nSPS) is 17.5. The molecule has 3 aromatic rings. The lowest BCUT2D eigenvalue weighted by atomic mass is 10.0. The van der Waals surface area contributed by atoms with Crippen LogP contribution in [0.25, 0.3) is 10.9 Å². The summed E-state index contributed by atoms with van der Waals surface area (Å²) in [4.78, 5) is 29.0. The van der Waals surface area contributed by atoms with E-state index in [9.17, 15) is 14.0 Å². The van der Waals surface area contributed by atoms with Crippen LogP contribution >= 0.6 is 0 Å². The van der Waals surface area contributed by atoms with E-state index in [0.29, 0.717) is 12.1 Å². The Kier molecular flexibility index (Phi) is 3.30. The second kappa shape index (κ2) is 5.49. The highest BCUT2D eigenvalue weighted by Gasteiger charge is 2.39. The maximum atomic E-state index is 13.0. The number of rotatable bonds is 3. The van der Waals surface area contributed by atoms with Crippen LogP contribution in [-0.2, 0) is 11.2 Å². The Balaban J connectivity index is 1.60. The number of anilines is 1. The lowest BCUT2D eigenvalue weighted by Crippen LogP contribution is -2.32. The van der Waals surface area contributed by atoms with Crippen LogP contribution in [0, 0.1) is 5.82 Å². The minimum Gasteiger partial charge on any atom is -0.361 e. The van der Waals surface area contributed by atoms with E-state index in [0.717, 1.165) is 21.4 Å². The molecular formula is C18H14FN3O2. The number of H-pyrrole nitrogens is 1. The number of aromatic nitrogens is 1. The van der Waals surface area contributed by atoms with Gasteiger partial charge in [-0.2, -0.15) is 0 Å². The van der Waals surface area contributed by atoms with Crippen molar-refractivity contribution in [3.05, 3.63) is 66.1 Å². The number of carbonyl (C=O) groups is 2. The Hall–Kier alpha value is -3.15. The van der Waals surface area contributed by atoms with E-state index in [4.69, 9.17) is 0 Å². The molecule has 0 bridgehead atoms. The number of halogens is 1. The third kappa shape index (κ3) is 2.32. The summed E-state index contributed by atoms with van der Waals surface area (Å²) in [5.41, 5.74) is 2.31. The molecule has 1 fully saturated rings. The third-order valence-electron chi connectivity index (χ3n) is 4.20. The van der Waals surface area contributed by atoms with E-state index >= 15 is 0 Å². The molecule has 1 aromatic heterocycles. The monoisotopic (exact) mass is 323 g/mol. The summed E-state index contributed by atoms with van der Waals surface area (Å²) < 4.78 is 13.0. The van der Waals surface area contributed by atoms with Crippen molar-refractivity contribution in [2.75, 3.05) is 4.90 Å². The highest BCUT2D eigenvalue weighted by atomic mass is 19.1. The number of hydrogen-bond acceptors (Lipinski definition) is 2. The van der Waals surface area contributed by atoms with E-state index in [1.165, 1.54) is 24.3 Å². The summed E-state index contributed by atoms with van der Waals surface area (Å²) in [5, 5.41) is 3.73. The number of aromatic amines is 1. The fraction of sp³-hybridized carbons (Fsp3) is 0.111. The van der Waals surface area contributed by atoms with Crippen molar-refractivity contribution in [3.8, 4) is 0 Å². The molecule has 0 saturated carbocycles. The smallest absolute Gasteiger partial charge is 0.329 e. The fourth-order valence-corrected chi connectivity index (χ4v) is 3.02. The molecule has 2 aromatic carbocycles. The number of hydrogen-bond donors (Lipinski definition) is 2. The van der Waals surface area contributed by atoms with Crippen molar-refractivity contribution in [3.63, 3.8) is 0 Å². The van der Waals surface area contributed by atoms with Crippen LogP contribution in [0.1, 0.15) is 5.56 Å². The molecule has 0 radical (unpaired) electrons. The molecule has 1 saturated heterocycles. The van der Waals surface area contributed by atoms with Gasteiger partial charge in [-0.05, 0) is 35.9 Å². The van der Waals surface area contributed by atoms with E-state index in [-0.39, 0.29) is 5.91 Å². The second-order valence-electron chi connectivity index (χ2n) is 5.72. The second-order valence-corrected chi connectivity index (χ2v) is 5.72. The Morgan fingerprint density at radius 1 is 1.04 bits per heavy atom. The maximum absolute atomic E-state index is 13.0. The quantitative estimate of drug-likeness (QED) is 0.728. The number of para-hydroxylation sites is 1. The van der Waals surface area contributed by atoms with Crippen molar-refractivity contribution >= 4 is 28.5 Å². The van der Waals surface area contributed by atoms with Crippen molar-refractivity contribution in [1.29, 1.82) is 0 Å². The van der Waals surface area contributed by atoms with Gasteiger partial charge in [0.15, 0.2) is 0 Å². The number of amides is 3. The molecule has 1 aliphatic rings. The van der Waals surface area contributed by atoms with Crippen molar-refractivity contribution < 1.29 is 14.0 Å². The number of imide groups is 1. The predicted octanol–water partition coefficient (Wildman–Crippen LogP) is 2.97. The number of urea groups is 1. The molecule has 120 valence electrons. The first-order valence-electron chi connectivity index (χ1n) is 7.58. The van der Waals surface area contributed by atoms with Gasteiger partial charge in [-0.15, -0.1) is 0 Å². The summed E-state index contributed by atoms with van der Waals surface area (Å²) in [7, 11) is 0. The highest BCUT2D eigenvalue weighted by molar-refractivity contribution is 6.21. The lowest BCUT2D eigenvalue weighted by Gasteiger charge is -2.12. The number of nitrogens with one attached hydrogen (secondary N) is 2. The minimum absolute atomic E-state index is 0.336. The molecule has 24 heavy (non-hydrogen) atoms. The Bertz CT molecular complexity index is 933. The molecule has 4 rings (SSSR count). The van der Waals surface area contributed by atoms with Crippen LogP contribution in [0.4, 0.5) is 14.9 Å². The van der Waals surface area contributed by atoms with Crippen LogP contribution in [0.2, 0.25) is 0 Å². The summed E-state index contributed by atoms with van der Waals surface area (Å²) >= 11 is 0. The zero-order valence-electron chi connectivity index (χ0n) is 12.6. The zero-order valence-corrected chi connectivity index (χ0v) is 12.6. The maximum Gasteiger partial charge on any atom is 0.329 e. The first-order chi connectivity index (χ1) is 11.6. The lowest BCUT2D eigenvalue weighted by molar-refractivity contribution is -0.118. The van der Waals surface area contributed by atoms with Gasteiger partial charge in [0, 0.05) is 23.5 Å². The third-order valence-corrected chi connectivity index (χ3v) is 4.20. The summed E-state index contributed by atoms with van der Waals surface area (Å²) in [5.74, 6) is -0.752. The number of carbonyl (C=O) groups excluding carboxylic acids is 2. The number of nitrogens with zero attached hydrogens (tertiary/aromatic N) is 1. The van der Waals surface area contributed by atoms with Gasteiger partial charge < -0.3 is 10.3 Å². The molecule has 0 spiro atoms. The van der Waals surface area contributed by atoms with E-state index in [1.54, 1.807) is 0 Å². The van der Waals surface area contributed by atoms with Gasteiger partial charge in [0.05, 0.1) is 5.69 Å². The van der Waals surface area contributed by atoms with Crippen LogP contribution < -0.4 is 10.2 Å². The predicted molar refractivity (Wildman–Crippen MR) is 88.2 cm³/mol. The van der Waals surface area contributed by atoms with Crippen molar-refractivity contribution in [1.82, 2.24) is 10.3 Å². The summed E-state index contributed by atoms with van der Waals surface area (Å²) in [6.07, 6.45) is 2.25. The SMILES string of the molecule is O=C1N[C@H](Cc2c[nH]c3ccccc23)C(=O)N1c1ccc(F)cc1. The van der Waals surface area contributed by atoms with Crippen LogP contribution in [0.15, 0.2) is 54.7 Å². The first kappa shape index (κ1) is 14.4. The average Bonchev–Trinajstić information content (AvgIpc) is 3.11. The number of fused-ring (bicyclic) bond motifs is 1. The minimum atomic E-state index is -0.637. The van der Waals surface area contributed by atoms with E-state index in [2.05, 4.69) is 10.3 Å². The van der Waals surface area contributed by atoms with Gasteiger partial charge in [0.2, 0.25) is 0 Å². The van der Waals surface area contributed by atoms with Gasteiger partial charge >= 0.3 is 6.03 Å². The Morgan fingerprint density at radius 3 is 2.58 bits per heavy atom. The standard InChI is InChI=1S/C18H14FN3O2/c19-12-5-7-13(8-6-12)22-17(23)16(21-18(22)24)9-11-10-20-15-4-2-1-3-14(11)15/h1-8,10,16,20H,9H2,(H,21,24)/t16-/m1/s1. The van der Waals surface area contributed by atoms with Gasteiger partial charge in [0.25, 0.3) is 5.91 Å². The average molecular weight is 323 g/mol. The summed E-state index contributed by atoms with van der Waals surface area (Å²) in [6, 6.07) is 12.0. The molecule has 0 unspecified atom stereocenters. The van der Waals surface area contributed by atoms with E-state index in [1.807, 2.05) is 30.5 Å². The van der Waals surface area contributed by atoms with E-state index < -0.39 is 17.9 Å². The molecular weight excluding hydrogens is 309 g/mol. The van der Waals surface area contributed by atoms with Crippen LogP contribution in [0.5, 0.6) is 0 Å².